The number of nitrogens with one attached hydrogen (secondary N) is 1. The van der Waals surface area contributed by atoms with Crippen molar-refractivity contribution in [3.05, 3.63) is 111 Å². The zero-order valence-electron chi connectivity index (χ0n) is 27.2. The van der Waals surface area contributed by atoms with Gasteiger partial charge in [0, 0.05) is 45.1 Å². The molecule has 0 unspecified atom stereocenters. The maximum atomic E-state index is 12.3. The average molecular weight is 647 g/mol. The number of anilines is 1. The van der Waals surface area contributed by atoms with Crippen molar-refractivity contribution in [2.24, 2.45) is 5.11 Å². The van der Waals surface area contributed by atoms with Crippen molar-refractivity contribution in [3.8, 4) is 52.1 Å². The minimum absolute atomic E-state index is 0.0476. The summed E-state index contributed by atoms with van der Waals surface area (Å²) in [5.41, 5.74) is 14.5. The molecule has 4 aromatic carbocycles. The van der Waals surface area contributed by atoms with E-state index in [0.29, 0.717) is 28.7 Å². The fourth-order valence-corrected chi connectivity index (χ4v) is 5.04. The molecular formula is C37H34N4O7. The van der Waals surface area contributed by atoms with Crippen LogP contribution in [0.25, 0.3) is 16.1 Å². The fraction of sp³-hybridized carbons (Fsp3) is 0.216. The van der Waals surface area contributed by atoms with Gasteiger partial charge in [0.15, 0.2) is 23.0 Å². The molecule has 5 rings (SSSR count). The summed E-state index contributed by atoms with van der Waals surface area (Å²) in [7, 11) is 7.74. The second-order valence-corrected chi connectivity index (χ2v) is 10.5. The van der Waals surface area contributed by atoms with Gasteiger partial charge in [-0.3, -0.25) is 4.79 Å². The summed E-state index contributed by atoms with van der Waals surface area (Å²) in [6, 6.07) is 21.8. The highest BCUT2D eigenvalue weighted by molar-refractivity contribution is 5.98. The van der Waals surface area contributed by atoms with Crippen molar-refractivity contribution in [1.29, 1.82) is 0 Å². The molecule has 1 amide bonds. The molecule has 0 spiro atoms. The number of nitrogens with zero attached hydrogens (tertiary/aromatic N) is 3. The minimum Gasteiger partial charge on any atom is -0.496 e. The van der Waals surface area contributed by atoms with Crippen molar-refractivity contribution in [2.45, 2.75) is 19.3 Å². The van der Waals surface area contributed by atoms with Gasteiger partial charge in [-0.2, -0.15) is 0 Å². The average Bonchev–Trinajstić information content (AvgIpc) is 3.10. The number of allylic oxidation sites excluding steroid dienone is 1. The van der Waals surface area contributed by atoms with Crippen molar-refractivity contribution in [3.63, 3.8) is 0 Å². The molecule has 1 fully saturated rings. The second kappa shape index (κ2) is 15.4. The first-order valence-electron chi connectivity index (χ1n) is 15.0. The summed E-state index contributed by atoms with van der Waals surface area (Å²) in [6.07, 6.45) is 3.17. The molecular weight excluding hydrogens is 612 g/mol. The van der Waals surface area contributed by atoms with Crippen LogP contribution in [0.5, 0.6) is 40.2 Å². The Morgan fingerprint density at radius 2 is 1.19 bits per heavy atom. The largest absolute Gasteiger partial charge is 0.496 e. The molecule has 1 N–H and O–H groups in total. The number of azide groups is 1. The van der Waals surface area contributed by atoms with E-state index >= 15 is 0 Å². The van der Waals surface area contributed by atoms with Gasteiger partial charge in [-0.05, 0) is 96.1 Å². The number of rotatable bonds is 11. The van der Waals surface area contributed by atoms with Gasteiger partial charge in [0.1, 0.15) is 17.2 Å². The van der Waals surface area contributed by atoms with E-state index in [2.05, 4.69) is 27.2 Å². The smallest absolute Gasteiger partial charge is 0.253 e. The van der Waals surface area contributed by atoms with Gasteiger partial charge in [-0.1, -0.05) is 11.8 Å². The Morgan fingerprint density at radius 3 is 1.71 bits per heavy atom. The lowest BCUT2D eigenvalue weighted by atomic mass is 9.88. The van der Waals surface area contributed by atoms with E-state index in [4.69, 9.17) is 34.0 Å². The zero-order chi connectivity index (χ0) is 34.0. The van der Waals surface area contributed by atoms with Crippen LogP contribution in [0.1, 0.15) is 46.3 Å². The van der Waals surface area contributed by atoms with Gasteiger partial charge in [-0.15, -0.1) is 0 Å². The van der Waals surface area contributed by atoms with Gasteiger partial charge in [0.2, 0.25) is 0 Å². The van der Waals surface area contributed by atoms with Crippen LogP contribution in [0.3, 0.4) is 0 Å². The molecule has 48 heavy (non-hydrogen) atoms. The standard InChI is InChI=1S/C37H34N4O7/c1-43-30-21-33(46-4)32(45-3)19-28(30)36(25-7-6-8-25)39-26-15-11-23(12-16-26)9-10-24-13-17-27(18-14-24)48-35-20-29(37(42)40-41-38)31(44-2)22-34(35)47-5/h11-22,39H,6-8H2,1-5H3. The third-order valence-electron chi connectivity index (χ3n) is 7.72. The van der Waals surface area contributed by atoms with E-state index in [1.54, 1.807) is 33.5 Å². The lowest BCUT2D eigenvalue weighted by molar-refractivity contribution is 0.0997. The number of ether oxygens (including phenoxy) is 6. The maximum Gasteiger partial charge on any atom is 0.253 e. The Morgan fingerprint density at radius 1 is 0.688 bits per heavy atom. The quantitative estimate of drug-likeness (QED) is 0.0744. The molecule has 1 aliphatic carbocycles. The first kappa shape index (κ1) is 33.1. The first-order valence-corrected chi connectivity index (χ1v) is 15.0. The number of hydrogen-bond donors (Lipinski definition) is 1. The zero-order valence-corrected chi connectivity index (χ0v) is 27.2. The molecule has 0 atom stereocenters. The Bertz CT molecular complexity index is 1950. The predicted molar refractivity (Wildman–Crippen MR) is 182 cm³/mol. The van der Waals surface area contributed by atoms with Gasteiger partial charge in [-0.25, -0.2) is 0 Å². The molecule has 11 nitrogen and oxygen atoms in total. The van der Waals surface area contributed by atoms with Gasteiger partial charge < -0.3 is 33.7 Å². The van der Waals surface area contributed by atoms with E-state index in [1.807, 2.05) is 48.5 Å². The molecule has 0 heterocycles. The number of hydrogen-bond acceptors (Lipinski definition) is 8. The van der Waals surface area contributed by atoms with Crippen LogP contribution in [0.2, 0.25) is 0 Å². The third-order valence-corrected chi connectivity index (χ3v) is 7.72. The lowest BCUT2D eigenvalue weighted by Crippen LogP contribution is -2.10. The van der Waals surface area contributed by atoms with Crippen LogP contribution in [0.4, 0.5) is 5.69 Å². The molecule has 0 saturated heterocycles. The van der Waals surface area contributed by atoms with Gasteiger partial charge >= 0.3 is 0 Å². The highest BCUT2D eigenvalue weighted by Crippen LogP contribution is 2.42. The monoisotopic (exact) mass is 646 g/mol. The van der Waals surface area contributed by atoms with Crippen molar-refractivity contribution >= 4 is 17.3 Å². The Hall–Kier alpha value is -6.24. The molecule has 0 aliphatic heterocycles. The predicted octanol–water partition coefficient (Wildman–Crippen LogP) is 8.38. The number of methoxy groups -OCH3 is 5. The summed E-state index contributed by atoms with van der Waals surface area (Å²) in [5.74, 6) is 8.79. The molecule has 4 aromatic rings. The van der Waals surface area contributed by atoms with Crippen LogP contribution in [-0.4, -0.2) is 41.5 Å². The van der Waals surface area contributed by atoms with Crippen LogP contribution in [-0.2, 0) is 0 Å². The third kappa shape index (κ3) is 7.41. The second-order valence-electron chi connectivity index (χ2n) is 10.5. The highest BCUT2D eigenvalue weighted by atomic mass is 16.5. The summed E-state index contributed by atoms with van der Waals surface area (Å²) in [6.45, 7) is 0. The van der Waals surface area contributed by atoms with Crippen molar-refractivity contribution < 1.29 is 33.2 Å². The molecule has 0 bridgehead atoms. The topological polar surface area (TPSA) is 133 Å². The SMILES string of the molecule is COc1cc(OC)c(C(Nc2ccc(C#Cc3ccc(Oc4cc(C(=O)N=[N+]=[N-])c(OC)cc4OC)cc3)cc2)=C2CCC2)cc1OC. The van der Waals surface area contributed by atoms with Gasteiger partial charge in [0.25, 0.3) is 5.91 Å². The first-order chi connectivity index (χ1) is 23.4. The normalized spacial score (nSPS) is 11.5. The van der Waals surface area contributed by atoms with Crippen molar-refractivity contribution in [2.75, 3.05) is 40.9 Å². The summed E-state index contributed by atoms with van der Waals surface area (Å²) >= 11 is 0. The molecule has 11 heteroatoms. The van der Waals surface area contributed by atoms with Crippen LogP contribution in [0.15, 0.2) is 83.5 Å². The van der Waals surface area contributed by atoms with E-state index in [9.17, 15) is 4.79 Å². The van der Waals surface area contributed by atoms with E-state index < -0.39 is 5.91 Å². The Labute approximate surface area is 278 Å². The number of carbonyl (C=O) groups is 1. The maximum absolute atomic E-state index is 12.3. The van der Waals surface area contributed by atoms with E-state index in [-0.39, 0.29) is 17.1 Å². The molecule has 244 valence electrons. The van der Waals surface area contributed by atoms with Gasteiger partial charge in [0.05, 0.1) is 41.1 Å². The summed E-state index contributed by atoms with van der Waals surface area (Å²) in [5, 5.41) is 6.76. The van der Waals surface area contributed by atoms with Crippen LogP contribution in [0, 0.1) is 11.8 Å². The molecule has 1 saturated carbocycles. The number of amides is 1. The summed E-state index contributed by atoms with van der Waals surface area (Å²) in [4.78, 5) is 14.8. The van der Waals surface area contributed by atoms with Crippen molar-refractivity contribution in [1.82, 2.24) is 0 Å². The highest BCUT2D eigenvalue weighted by Gasteiger charge is 2.22. The van der Waals surface area contributed by atoms with Crippen LogP contribution >= 0.6 is 0 Å². The number of carbonyl (C=O) groups excluding carboxylic acids is 1. The summed E-state index contributed by atoms with van der Waals surface area (Å²) < 4.78 is 33.4. The fourth-order valence-electron chi connectivity index (χ4n) is 5.04. The van der Waals surface area contributed by atoms with Crippen LogP contribution < -0.4 is 33.7 Å². The van der Waals surface area contributed by atoms with E-state index in [0.717, 1.165) is 47.3 Å². The molecule has 0 radical (unpaired) electrons. The van der Waals surface area contributed by atoms with E-state index in [1.165, 1.54) is 31.9 Å². The Balaban J connectivity index is 1.31. The lowest BCUT2D eigenvalue weighted by Gasteiger charge is -2.25. The Kier molecular flexibility index (Phi) is 10.6. The molecule has 0 aromatic heterocycles. The number of benzene rings is 4. The minimum atomic E-state index is -0.801. The molecule has 1 aliphatic rings.